The number of carbonyl (C=O) groups excluding carboxylic acids is 1. The molecule has 0 bridgehead atoms. The quantitative estimate of drug-likeness (QED) is 0.162. The molecule has 2 atom stereocenters. The zero-order chi connectivity index (χ0) is 27.5. The normalized spacial score (nSPS) is 16.7. The lowest BCUT2D eigenvalue weighted by Crippen LogP contribution is -2.32. The largest absolute Gasteiger partial charge is 0.459 e. The highest BCUT2D eigenvalue weighted by Crippen LogP contribution is 2.41. The summed E-state index contributed by atoms with van der Waals surface area (Å²) < 4.78 is 6.23. The first-order valence-electron chi connectivity index (χ1n) is 12.5. The Kier molecular flexibility index (Phi) is 7.38. The van der Waals surface area contributed by atoms with Gasteiger partial charge in [-0.25, -0.2) is 0 Å². The van der Waals surface area contributed by atoms with Gasteiger partial charge < -0.3 is 20.0 Å². The van der Waals surface area contributed by atoms with Crippen molar-refractivity contribution in [2.24, 2.45) is 0 Å². The Balaban J connectivity index is 1.43. The summed E-state index contributed by atoms with van der Waals surface area (Å²) in [5.41, 5.74) is 3.93. The molecule has 2 aromatic heterocycles. The van der Waals surface area contributed by atoms with Crippen LogP contribution in [-0.4, -0.2) is 32.4 Å². The van der Waals surface area contributed by atoms with Crippen LogP contribution in [-0.2, 0) is 4.79 Å². The Morgan fingerprint density at radius 1 is 1.13 bits per heavy atom. The molecule has 9 nitrogen and oxygen atoms in total. The number of furan rings is 1. The number of nitro benzene ring substituents is 1. The third kappa shape index (κ3) is 5.51. The number of thiocarbonyl (C=S) groups is 1. The van der Waals surface area contributed by atoms with E-state index in [1.807, 2.05) is 55.1 Å². The number of aromatic nitrogens is 1. The summed E-state index contributed by atoms with van der Waals surface area (Å²) in [6.45, 7) is 4.26. The van der Waals surface area contributed by atoms with Crippen LogP contribution >= 0.6 is 12.2 Å². The first kappa shape index (κ1) is 26.1. The van der Waals surface area contributed by atoms with Gasteiger partial charge in [0.25, 0.3) is 5.69 Å². The van der Waals surface area contributed by atoms with Crippen LogP contribution in [0.5, 0.6) is 0 Å². The van der Waals surface area contributed by atoms with Crippen LogP contribution in [0.15, 0.2) is 83.4 Å². The van der Waals surface area contributed by atoms with Gasteiger partial charge in [-0.1, -0.05) is 30.3 Å². The summed E-state index contributed by atoms with van der Waals surface area (Å²) >= 11 is 5.69. The van der Waals surface area contributed by atoms with Gasteiger partial charge in [-0.3, -0.25) is 19.9 Å². The molecule has 0 saturated carbocycles. The van der Waals surface area contributed by atoms with Crippen LogP contribution in [0.1, 0.15) is 41.1 Å². The number of hydrogen-bond donors (Lipinski definition) is 2. The van der Waals surface area contributed by atoms with Crippen LogP contribution < -0.4 is 10.6 Å². The van der Waals surface area contributed by atoms with Crippen LogP contribution in [0, 0.1) is 24.0 Å². The van der Waals surface area contributed by atoms with Gasteiger partial charge in [0, 0.05) is 30.9 Å². The number of nitrogens with zero attached hydrogens (tertiary/aromatic N) is 3. The predicted octanol–water partition coefficient (Wildman–Crippen LogP) is 5.87. The minimum Gasteiger partial charge on any atom is -0.459 e. The van der Waals surface area contributed by atoms with E-state index < -0.39 is 11.0 Å². The van der Waals surface area contributed by atoms with Gasteiger partial charge in [-0.2, -0.15) is 0 Å². The van der Waals surface area contributed by atoms with Crippen molar-refractivity contribution in [1.82, 2.24) is 15.2 Å². The van der Waals surface area contributed by atoms with Crippen molar-refractivity contribution in [3.63, 3.8) is 0 Å². The van der Waals surface area contributed by atoms with Gasteiger partial charge in [0.15, 0.2) is 5.11 Å². The molecule has 2 unspecified atom stereocenters. The van der Waals surface area contributed by atoms with E-state index in [1.165, 1.54) is 6.07 Å². The van der Waals surface area contributed by atoms with Gasteiger partial charge in [0.1, 0.15) is 17.6 Å². The van der Waals surface area contributed by atoms with Gasteiger partial charge in [0.05, 0.1) is 22.2 Å². The SMILES string of the molecule is Cc1ccc(C)c(NC(=O)CCN2C(=S)NC(c3ccccn3)C2c2ccc(-c3ccccc3[N+](=O)[O-])o2)c1. The molecular formula is C29H27N5O4S. The summed E-state index contributed by atoms with van der Waals surface area (Å²) in [5.74, 6) is 0.801. The second-order valence-corrected chi connectivity index (χ2v) is 9.80. The molecule has 39 heavy (non-hydrogen) atoms. The summed E-state index contributed by atoms with van der Waals surface area (Å²) in [6, 6.07) is 20.8. The maximum atomic E-state index is 12.9. The molecule has 5 rings (SSSR count). The van der Waals surface area contributed by atoms with Crippen LogP contribution in [0.25, 0.3) is 11.3 Å². The fraction of sp³-hybridized carbons (Fsp3) is 0.207. The van der Waals surface area contributed by atoms with Crippen LogP contribution in [0.3, 0.4) is 0 Å². The first-order valence-corrected chi connectivity index (χ1v) is 12.9. The number of hydrogen-bond acceptors (Lipinski definition) is 6. The molecule has 198 valence electrons. The summed E-state index contributed by atoms with van der Waals surface area (Å²) in [6.07, 6.45) is 1.90. The highest BCUT2D eigenvalue weighted by molar-refractivity contribution is 7.80. The molecule has 1 amide bonds. The number of nitrogens with one attached hydrogen (secondary N) is 2. The molecule has 3 heterocycles. The lowest BCUT2D eigenvalue weighted by molar-refractivity contribution is -0.384. The van der Waals surface area contributed by atoms with Crippen molar-refractivity contribution in [3.8, 4) is 11.3 Å². The van der Waals surface area contributed by atoms with E-state index in [2.05, 4.69) is 15.6 Å². The lowest BCUT2D eigenvalue weighted by Gasteiger charge is -2.26. The van der Waals surface area contributed by atoms with Gasteiger partial charge in [-0.05, 0) is 73.6 Å². The molecule has 1 aliphatic heterocycles. The number of amides is 1. The Morgan fingerprint density at radius 3 is 2.69 bits per heavy atom. The van der Waals surface area contributed by atoms with Crippen molar-refractivity contribution in [2.75, 3.05) is 11.9 Å². The second-order valence-electron chi connectivity index (χ2n) is 9.41. The minimum absolute atomic E-state index is 0.0419. The molecule has 0 radical (unpaired) electrons. The maximum Gasteiger partial charge on any atom is 0.280 e. The Labute approximate surface area is 231 Å². The van der Waals surface area contributed by atoms with E-state index >= 15 is 0 Å². The molecule has 1 saturated heterocycles. The van der Waals surface area contributed by atoms with Gasteiger partial charge in [-0.15, -0.1) is 0 Å². The average molecular weight is 542 g/mol. The summed E-state index contributed by atoms with van der Waals surface area (Å²) in [7, 11) is 0. The van der Waals surface area contributed by atoms with E-state index in [0.717, 1.165) is 22.5 Å². The zero-order valence-electron chi connectivity index (χ0n) is 21.5. The smallest absolute Gasteiger partial charge is 0.280 e. The van der Waals surface area contributed by atoms with Crippen LogP contribution in [0.4, 0.5) is 11.4 Å². The van der Waals surface area contributed by atoms with E-state index in [4.69, 9.17) is 16.6 Å². The highest BCUT2D eigenvalue weighted by atomic mass is 32.1. The topological polar surface area (TPSA) is 114 Å². The molecule has 0 spiro atoms. The Bertz CT molecular complexity index is 1540. The second kappa shape index (κ2) is 11.0. The van der Waals surface area contributed by atoms with Crippen molar-refractivity contribution < 1.29 is 14.1 Å². The van der Waals surface area contributed by atoms with Crippen molar-refractivity contribution in [3.05, 3.63) is 112 Å². The summed E-state index contributed by atoms with van der Waals surface area (Å²) in [5, 5.41) is 18.4. The number of rotatable bonds is 8. The van der Waals surface area contributed by atoms with Gasteiger partial charge >= 0.3 is 0 Å². The standard InChI is InChI=1S/C29H27N5O4S/c1-18-10-11-19(2)22(17-18)31-26(35)14-16-33-28(27(32-29(33)39)21-8-5-6-15-30-21)25-13-12-24(38-25)20-7-3-4-9-23(20)34(36)37/h3-13,15,17,27-28H,14,16H2,1-2H3,(H,31,35)(H,32,39). The fourth-order valence-electron chi connectivity index (χ4n) is 4.76. The first-order chi connectivity index (χ1) is 18.8. The third-order valence-electron chi connectivity index (χ3n) is 6.73. The minimum atomic E-state index is -0.429. The maximum absolute atomic E-state index is 12.9. The summed E-state index contributed by atoms with van der Waals surface area (Å²) in [4.78, 5) is 30.5. The van der Waals surface area contributed by atoms with Crippen LogP contribution in [0.2, 0.25) is 0 Å². The zero-order valence-corrected chi connectivity index (χ0v) is 22.3. The number of para-hydroxylation sites is 1. The highest BCUT2D eigenvalue weighted by Gasteiger charge is 2.41. The van der Waals surface area contributed by atoms with E-state index in [1.54, 1.807) is 36.5 Å². The van der Waals surface area contributed by atoms with Crippen molar-refractivity contribution in [2.45, 2.75) is 32.4 Å². The number of nitro groups is 1. The molecule has 4 aromatic rings. The molecular weight excluding hydrogens is 514 g/mol. The number of anilines is 1. The lowest BCUT2D eigenvalue weighted by atomic mass is 10.0. The van der Waals surface area contributed by atoms with Crippen molar-refractivity contribution >= 4 is 34.6 Å². The Hall–Kier alpha value is -4.57. The Morgan fingerprint density at radius 2 is 1.92 bits per heavy atom. The number of benzene rings is 2. The van der Waals surface area contributed by atoms with E-state index in [-0.39, 0.29) is 24.1 Å². The van der Waals surface area contributed by atoms with Crippen molar-refractivity contribution in [1.29, 1.82) is 0 Å². The average Bonchev–Trinajstić information content (AvgIpc) is 3.54. The fourth-order valence-corrected chi connectivity index (χ4v) is 5.09. The number of pyridine rings is 1. The molecule has 1 fully saturated rings. The third-order valence-corrected chi connectivity index (χ3v) is 7.08. The van der Waals surface area contributed by atoms with E-state index in [9.17, 15) is 14.9 Å². The molecule has 0 aliphatic carbocycles. The van der Waals surface area contributed by atoms with Gasteiger partial charge in [0.2, 0.25) is 5.91 Å². The number of carbonyl (C=O) groups is 1. The predicted molar refractivity (Wildman–Crippen MR) is 152 cm³/mol. The molecule has 2 N–H and O–H groups in total. The molecule has 1 aliphatic rings. The molecule has 10 heteroatoms. The van der Waals surface area contributed by atoms with E-state index in [0.29, 0.717) is 28.7 Å². The number of aryl methyl sites for hydroxylation is 2. The molecule has 2 aromatic carbocycles. The monoisotopic (exact) mass is 541 g/mol.